The highest BCUT2D eigenvalue weighted by molar-refractivity contribution is 5.64. The lowest BCUT2D eigenvalue weighted by Gasteiger charge is -2.28. The van der Waals surface area contributed by atoms with Gasteiger partial charge in [0.15, 0.2) is 0 Å². The van der Waals surface area contributed by atoms with E-state index < -0.39 is 5.41 Å². The molecule has 0 unspecified atom stereocenters. The minimum absolute atomic E-state index is 0.302. The van der Waals surface area contributed by atoms with Crippen LogP contribution in [0.5, 0.6) is 0 Å². The van der Waals surface area contributed by atoms with Crippen LogP contribution >= 0.6 is 0 Å². The van der Waals surface area contributed by atoms with Gasteiger partial charge in [-0.15, -0.1) is 10.2 Å². The Morgan fingerprint density at radius 2 is 1.82 bits per heavy atom. The molecule has 9 heteroatoms. The number of rotatable bonds is 6. The number of nitrogens with zero attached hydrogens (tertiary/aromatic N) is 6. The Balaban J connectivity index is 1.42. The SMILES string of the molecule is Cc1ncc(-c2ccnc(C(C)(C)C#N)c2)nc1-c1nnc(-c2ccc(NC3CNC3)cc2)o1. The number of nitriles is 1. The third-order valence-electron chi connectivity index (χ3n) is 5.84. The van der Waals surface area contributed by atoms with E-state index in [9.17, 15) is 5.26 Å². The molecule has 0 bridgehead atoms. The predicted octanol–water partition coefficient (Wildman–Crippen LogP) is 3.75. The topological polar surface area (TPSA) is 125 Å². The average Bonchev–Trinajstić information content (AvgIpc) is 3.32. The highest BCUT2D eigenvalue weighted by Crippen LogP contribution is 2.29. The molecule has 3 aromatic heterocycles. The monoisotopic (exact) mass is 452 g/mol. The maximum absolute atomic E-state index is 9.45. The van der Waals surface area contributed by atoms with Gasteiger partial charge in [-0.2, -0.15) is 5.26 Å². The molecule has 0 amide bonds. The third-order valence-corrected chi connectivity index (χ3v) is 5.84. The molecule has 4 aromatic rings. The lowest BCUT2D eigenvalue weighted by Crippen LogP contribution is -2.51. The maximum Gasteiger partial charge on any atom is 0.268 e. The molecule has 9 nitrogen and oxygen atoms in total. The third kappa shape index (κ3) is 4.23. The molecule has 0 atom stereocenters. The Kier molecular flexibility index (Phi) is 5.51. The van der Waals surface area contributed by atoms with Crippen molar-refractivity contribution >= 4 is 5.69 Å². The highest BCUT2D eigenvalue weighted by Gasteiger charge is 2.23. The van der Waals surface area contributed by atoms with E-state index in [1.807, 2.05) is 57.2 Å². The van der Waals surface area contributed by atoms with E-state index in [2.05, 4.69) is 36.9 Å². The molecule has 170 valence electrons. The quantitative estimate of drug-likeness (QED) is 0.450. The second-order valence-corrected chi connectivity index (χ2v) is 8.85. The summed E-state index contributed by atoms with van der Waals surface area (Å²) in [4.78, 5) is 13.6. The summed E-state index contributed by atoms with van der Waals surface area (Å²) in [6, 6.07) is 14.4. The first-order chi connectivity index (χ1) is 16.4. The summed E-state index contributed by atoms with van der Waals surface area (Å²) in [6.45, 7) is 7.47. The van der Waals surface area contributed by atoms with Gasteiger partial charge >= 0.3 is 0 Å². The van der Waals surface area contributed by atoms with Crippen LogP contribution in [0.3, 0.4) is 0 Å². The molecular weight excluding hydrogens is 428 g/mol. The van der Waals surface area contributed by atoms with E-state index in [1.54, 1.807) is 12.4 Å². The van der Waals surface area contributed by atoms with E-state index >= 15 is 0 Å². The molecule has 0 spiro atoms. The Bertz CT molecular complexity index is 1370. The van der Waals surface area contributed by atoms with Crippen molar-refractivity contribution in [3.63, 3.8) is 0 Å². The Morgan fingerprint density at radius 3 is 2.53 bits per heavy atom. The van der Waals surface area contributed by atoms with Gasteiger partial charge in [-0.1, -0.05) is 0 Å². The highest BCUT2D eigenvalue weighted by atomic mass is 16.4. The van der Waals surface area contributed by atoms with Gasteiger partial charge in [0.05, 0.1) is 40.8 Å². The molecule has 1 aromatic carbocycles. The van der Waals surface area contributed by atoms with E-state index in [1.165, 1.54) is 0 Å². The molecule has 2 N–H and O–H groups in total. The van der Waals surface area contributed by atoms with Crippen LogP contribution < -0.4 is 10.6 Å². The van der Waals surface area contributed by atoms with Crippen molar-refractivity contribution < 1.29 is 4.42 Å². The van der Waals surface area contributed by atoms with Crippen molar-refractivity contribution in [1.82, 2.24) is 30.5 Å². The number of nitrogens with one attached hydrogen (secondary N) is 2. The van der Waals surface area contributed by atoms with Gasteiger partial charge in [-0.3, -0.25) is 9.97 Å². The summed E-state index contributed by atoms with van der Waals surface area (Å²) < 4.78 is 5.97. The van der Waals surface area contributed by atoms with Crippen LogP contribution in [0.1, 0.15) is 25.2 Å². The van der Waals surface area contributed by atoms with Gasteiger partial charge < -0.3 is 15.1 Å². The van der Waals surface area contributed by atoms with Gasteiger partial charge in [0.25, 0.3) is 5.89 Å². The molecule has 0 radical (unpaired) electrons. The normalized spacial score (nSPS) is 13.8. The molecule has 0 saturated carbocycles. The molecule has 4 heterocycles. The zero-order valence-corrected chi connectivity index (χ0v) is 19.2. The lowest BCUT2D eigenvalue weighted by molar-refractivity contribution is 0.472. The van der Waals surface area contributed by atoms with Crippen LogP contribution in [0.25, 0.3) is 34.3 Å². The summed E-state index contributed by atoms with van der Waals surface area (Å²) in [5.74, 6) is 0.719. The molecule has 0 aliphatic carbocycles. The second kappa shape index (κ2) is 8.65. The smallest absolute Gasteiger partial charge is 0.268 e. The lowest BCUT2D eigenvalue weighted by atomic mass is 9.90. The zero-order valence-electron chi connectivity index (χ0n) is 19.2. The Morgan fingerprint density at radius 1 is 1.06 bits per heavy atom. The molecule has 1 saturated heterocycles. The Labute approximate surface area is 197 Å². The van der Waals surface area contributed by atoms with Gasteiger partial charge in [0.2, 0.25) is 5.89 Å². The molecule has 1 fully saturated rings. The number of anilines is 1. The molecule has 1 aliphatic heterocycles. The van der Waals surface area contributed by atoms with Crippen molar-refractivity contribution in [1.29, 1.82) is 5.26 Å². The number of hydrogen-bond donors (Lipinski definition) is 2. The number of aryl methyl sites for hydroxylation is 1. The Hall–Kier alpha value is -4.16. The first kappa shape index (κ1) is 21.7. The first-order valence-electron chi connectivity index (χ1n) is 11.1. The average molecular weight is 453 g/mol. The van der Waals surface area contributed by atoms with E-state index in [0.717, 1.165) is 29.9 Å². The maximum atomic E-state index is 9.45. The van der Waals surface area contributed by atoms with Crippen molar-refractivity contribution in [2.75, 3.05) is 18.4 Å². The molecule has 34 heavy (non-hydrogen) atoms. The van der Waals surface area contributed by atoms with Crippen LogP contribution in [0.2, 0.25) is 0 Å². The number of pyridine rings is 1. The van der Waals surface area contributed by atoms with E-state index in [4.69, 9.17) is 9.40 Å². The van der Waals surface area contributed by atoms with Crippen LogP contribution in [0, 0.1) is 18.3 Å². The standard InChI is InChI=1S/C25H24N8O/c1-15-22(31-20(13-29-15)17-8-9-28-21(10-17)25(2,3)14-26)24-33-32-23(34-24)16-4-6-18(7-5-16)30-19-11-27-12-19/h4-10,13,19,27,30H,11-12H2,1-3H3. The second-order valence-electron chi connectivity index (χ2n) is 8.85. The first-order valence-corrected chi connectivity index (χ1v) is 11.1. The summed E-state index contributed by atoms with van der Waals surface area (Å²) in [5, 5.41) is 24.6. The van der Waals surface area contributed by atoms with Crippen LogP contribution in [-0.4, -0.2) is 44.3 Å². The number of hydrogen-bond acceptors (Lipinski definition) is 9. The predicted molar refractivity (Wildman–Crippen MR) is 128 cm³/mol. The molecular formula is C25H24N8O. The zero-order chi connectivity index (χ0) is 23.7. The van der Waals surface area contributed by atoms with Crippen molar-refractivity contribution in [3.05, 3.63) is 60.2 Å². The fraction of sp³-hybridized carbons (Fsp3) is 0.280. The van der Waals surface area contributed by atoms with E-state index in [-0.39, 0.29) is 0 Å². The summed E-state index contributed by atoms with van der Waals surface area (Å²) in [6.07, 6.45) is 3.37. The molecule has 1 aliphatic rings. The largest absolute Gasteiger partial charge is 0.415 e. The van der Waals surface area contributed by atoms with Gasteiger partial charge in [-0.05, 0) is 57.2 Å². The van der Waals surface area contributed by atoms with Crippen molar-refractivity contribution in [3.8, 4) is 40.4 Å². The molecule has 5 rings (SSSR count). The summed E-state index contributed by atoms with van der Waals surface area (Å²) in [5.41, 5.74) is 4.49. The fourth-order valence-electron chi connectivity index (χ4n) is 3.55. The van der Waals surface area contributed by atoms with Gasteiger partial charge in [0, 0.05) is 36.1 Å². The van der Waals surface area contributed by atoms with E-state index in [0.29, 0.717) is 40.6 Å². The van der Waals surface area contributed by atoms with Crippen LogP contribution in [0.4, 0.5) is 5.69 Å². The number of aromatic nitrogens is 5. The van der Waals surface area contributed by atoms with Crippen molar-refractivity contribution in [2.24, 2.45) is 0 Å². The van der Waals surface area contributed by atoms with Crippen molar-refractivity contribution in [2.45, 2.75) is 32.2 Å². The summed E-state index contributed by atoms with van der Waals surface area (Å²) >= 11 is 0. The van der Waals surface area contributed by atoms with Gasteiger partial charge in [0.1, 0.15) is 5.69 Å². The minimum atomic E-state index is -0.710. The van der Waals surface area contributed by atoms with Crippen LogP contribution in [-0.2, 0) is 5.41 Å². The minimum Gasteiger partial charge on any atom is -0.415 e. The van der Waals surface area contributed by atoms with Gasteiger partial charge in [-0.25, -0.2) is 4.98 Å². The fourth-order valence-corrected chi connectivity index (χ4v) is 3.55. The van der Waals surface area contributed by atoms with Crippen LogP contribution in [0.15, 0.2) is 53.2 Å². The number of benzene rings is 1. The summed E-state index contributed by atoms with van der Waals surface area (Å²) in [7, 11) is 0.